The van der Waals surface area contributed by atoms with Crippen LogP contribution in [0.25, 0.3) is 0 Å². The van der Waals surface area contributed by atoms with Crippen molar-refractivity contribution >= 4 is 21.9 Å². The quantitative estimate of drug-likeness (QED) is 0.835. The topological polar surface area (TPSA) is 62.4 Å². The summed E-state index contributed by atoms with van der Waals surface area (Å²) >= 11 is 3.51. The van der Waals surface area contributed by atoms with Gasteiger partial charge in [-0.15, -0.1) is 0 Å². The van der Waals surface area contributed by atoms with Gasteiger partial charge in [0.15, 0.2) is 5.82 Å². The van der Waals surface area contributed by atoms with E-state index >= 15 is 0 Å². The number of aliphatic hydroxyl groups is 1. The Morgan fingerprint density at radius 3 is 2.48 bits per heavy atom. The molecule has 5 nitrogen and oxygen atoms in total. The van der Waals surface area contributed by atoms with Gasteiger partial charge in [0.05, 0.1) is 11.0 Å². The molecule has 2 heterocycles. The van der Waals surface area contributed by atoms with Gasteiger partial charge in [-0.2, -0.15) is 4.98 Å². The van der Waals surface area contributed by atoms with E-state index in [4.69, 9.17) is 9.51 Å². The fourth-order valence-electron chi connectivity index (χ4n) is 3.74. The fraction of sp³-hybridized carbons (Fsp3) is 0.579. The lowest BCUT2D eigenvalue weighted by molar-refractivity contribution is 0.0341. The van der Waals surface area contributed by atoms with Gasteiger partial charge >= 0.3 is 6.01 Å². The predicted molar refractivity (Wildman–Crippen MR) is 99.7 cm³/mol. The van der Waals surface area contributed by atoms with Gasteiger partial charge in [0.1, 0.15) is 0 Å². The Hall–Kier alpha value is -1.40. The molecule has 0 radical (unpaired) electrons. The maximum absolute atomic E-state index is 10.1. The molecule has 0 spiro atoms. The molecule has 1 saturated carbocycles. The molecule has 2 aliphatic rings. The number of anilines is 1. The zero-order valence-electron chi connectivity index (χ0n) is 14.7. The van der Waals surface area contributed by atoms with Gasteiger partial charge in [-0.3, -0.25) is 0 Å². The molecular weight excluding hydrogens is 382 g/mol. The normalized spacial score (nSPS) is 22.6. The maximum Gasteiger partial charge on any atom is 0.324 e. The third-order valence-corrected chi connectivity index (χ3v) is 6.36. The lowest BCUT2D eigenvalue weighted by Crippen LogP contribution is -2.42. The summed E-state index contributed by atoms with van der Waals surface area (Å²) in [7, 11) is 0. The van der Waals surface area contributed by atoms with Gasteiger partial charge in [0, 0.05) is 17.6 Å². The fourth-order valence-corrected chi connectivity index (χ4v) is 4.00. The molecule has 4 rings (SSSR count). The summed E-state index contributed by atoms with van der Waals surface area (Å²) in [5, 5.41) is 14.5. The molecule has 25 heavy (non-hydrogen) atoms. The van der Waals surface area contributed by atoms with Gasteiger partial charge in [0.25, 0.3) is 0 Å². The van der Waals surface area contributed by atoms with E-state index in [0.717, 1.165) is 36.2 Å². The molecule has 1 aromatic carbocycles. The lowest BCUT2D eigenvalue weighted by Gasteiger charge is -2.34. The highest BCUT2D eigenvalue weighted by Gasteiger charge is 2.47. The summed E-state index contributed by atoms with van der Waals surface area (Å²) in [4.78, 5) is 6.86. The van der Waals surface area contributed by atoms with E-state index in [1.54, 1.807) is 0 Å². The van der Waals surface area contributed by atoms with E-state index in [0.29, 0.717) is 11.9 Å². The Morgan fingerprint density at radius 1 is 1.24 bits per heavy atom. The number of benzene rings is 1. The summed E-state index contributed by atoms with van der Waals surface area (Å²) in [5.41, 5.74) is 0.426. The summed E-state index contributed by atoms with van der Waals surface area (Å²) in [6.45, 7) is 5.60. The van der Waals surface area contributed by atoms with Gasteiger partial charge in [0.2, 0.25) is 0 Å². The summed E-state index contributed by atoms with van der Waals surface area (Å²) in [6, 6.07) is 9.02. The molecule has 134 valence electrons. The van der Waals surface area contributed by atoms with Crippen molar-refractivity contribution in [2.45, 2.75) is 50.5 Å². The van der Waals surface area contributed by atoms with Crippen LogP contribution < -0.4 is 4.90 Å². The van der Waals surface area contributed by atoms with Crippen LogP contribution in [-0.4, -0.2) is 33.9 Å². The van der Waals surface area contributed by atoms with Crippen molar-refractivity contribution in [1.29, 1.82) is 0 Å². The Kier molecular flexibility index (Phi) is 4.15. The van der Waals surface area contributed by atoms with Crippen LogP contribution in [0.1, 0.15) is 50.9 Å². The molecule has 1 aliphatic carbocycles. The van der Waals surface area contributed by atoms with E-state index in [1.165, 1.54) is 18.4 Å². The van der Waals surface area contributed by atoms with Crippen LogP contribution in [0.3, 0.4) is 0 Å². The molecule has 1 unspecified atom stereocenters. The van der Waals surface area contributed by atoms with Crippen molar-refractivity contribution in [3.05, 3.63) is 40.1 Å². The molecule has 2 aromatic rings. The monoisotopic (exact) mass is 405 g/mol. The van der Waals surface area contributed by atoms with Crippen LogP contribution in [-0.2, 0) is 5.41 Å². The van der Waals surface area contributed by atoms with Gasteiger partial charge < -0.3 is 14.5 Å². The minimum atomic E-state index is -0.584. The number of piperidine rings is 1. The molecule has 1 aliphatic heterocycles. The van der Waals surface area contributed by atoms with Crippen LogP contribution in [0.15, 0.2) is 33.3 Å². The van der Waals surface area contributed by atoms with Crippen molar-refractivity contribution in [2.75, 3.05) is 18.0 Å². The van der Waals surface area contributed by atoms with Gasteiger partial charge in [-0.25, -0.2) is 0 Å². The molecule has 2 fully saturated rings. The zero-order chi connectivity index (χ0) is 17.7. The minimum absolute atomic E-state index is 0.219. The highest BCUT2D eigenvalue weighted by atomic mass is 79.9. The Labute approximate surface area is 156 Å². The van der Waals surface area contributed by atoms with Gasteiger partial charge in [-0.1, -0.05) is 33.2 Å². The molecule has 1 N–H and O–H groups in total. The summed E-state index contributed by atoms with van der Waals surface area (Å²) in [6.07, 6.45) is 3.83. The third kappa shape index (κ3) is 3.22. The Bertz CT molecular complexity index is 744. The second-order valence-electron chi connectivity index (χ2n) is 7.87. The van der Waals surface area contributed by atoms with Gasteiger partial charge in [-0.05, 0) is 63.1 Å². The van der Waals surface area contributed by atoms with E-state index < -0.39 is 5.60 Å². The predicted octanol–water partition coefficient (Wildman–Crippen LogP) is 3.90. The zero-order valence-corrected chi connectivity index (χ0v) is 16.3. The molecule has 0 amide bonds. The second kappa shape index (κ2) is 6.09. The smallest absolute Gasteiger partial charge is 0.324 e. The van der Waals surface area contributed by atoms with Crippen LogP contribution in [0, 0.1) is 5.92 Å². The number of hydrogen-bond acceptors (Lipinski definition) is 5. The molecule has 1 aromatic heterocycles. The number of halogens is 1. The number of rotatable bonds is 4. The molecule has 6 heteroatoms. The minimum Gasteiger partial charge on any atom is -0.390 e. The lowest BCUT2D eigenvalue weighted by atomic mass is 9.77. The highest BCUT2D eigenvalue weighted by Crippen LogP contribution is 2.50. The molecule has 1 saturated heterocycles. The van der Waals surface area contributed by atoms with Crippen LogP contribution >= 0.6 is 15.9 Å². The second-order valence-corrected chi connectivity index (χ2v) is 8.78. The third-order valence-electron chi connectivity index (χ3n) is 5.83. The van der Waals surface area contributed by atoms with Crippen LogP contribution in [0.5, 0.6) is 0 Å². The SMILES string of the molecule is CC1(O)CCN(c2nc(C(C)(c3ccc(Br)cc3)C3CC3)no2)CC1. The first-order chi connectivity index (χ1) is 11.9. The van der Waals surface area contributed by atoms with E-state index in [-0.39, 0.29) is 5.41 Å². The molecule has 0 bridgehead atoms. The van der Waals surface area contributed by atoms with Crippen LogP contribution in [0.2, 0.25) is 0 Å². The van der Waals surface area contributed by atoms with Crippen molar-refractivity contribution in [2.24, 2.45) is 5.92 Å². The van der Waals surface area contributed by atoms with Crippen molar-refractivity contribution in [3.63, 3.8) is 0 Å². The number of hydrogen-bond donors (Lipinski definition) is 1. The van der Waals surface area contributed by atoms with Crippen LogP contribution in [0.4, 0.5) is 6.01 Å². The van der Waals surface area contributed by atoms with Crippen molar-refractivity contribution < 1.29 is 9.63 Å². The molecular formula is C19H24BrN3O2. The first-order valence-electron chi connectivity index (χ1n) is 8.96. The highest BCUT2D eigenvalue weighted by molar-refractivity contribution is 9.10. The number of aromatic nitrogens is 2. The molecule has 1 atom stereocenters. The summed E-state index contributed by atoms with van der Waals surface area (Å²) < 4.78 is 6.69. The Balaban J connectivity index is 1.62. The average Bonchev–Trinajstić information content (AvgIpc) is 3.33. The van der Waals surface area contributed by atoms with Crippen molar-refractivity contribution in [1.82, 2.24) is 10.1 Å². The average molecular weight is 406 g/mol. The first kappa shape index (κ1) is 17.0. The van der Waals surface area contributed by atoms with E-state index in [9.17, 15) is 5.11 Å². The van der Waals surface area contributed by atoms with E-state index in [2.05, 4.69) is 57.2 Å². The number of nitrogens with zero attached hydrogens (tertiary/aromatic N) is 3. The first-order valence-corrected chi connectivity index (χ1v) is 9.75. The van der Waals surface area contributed by atoms with Crippen molar-refractivity contribution in [3.8, 4) is 0 Å². The largest absolute Gasteiger partial charge is 0.390 e. The maximum atomic E-state index is 10.1. The Morgan fingerprint density at radius 2 is 1.88 bits per heavy atom. The summed E-state index contributed by atoms with van der Waals surface area (Å²) in [5.74, 6) is 1.32. The standard InChI is InChI=1S/C19H24BrN3O2/c1-18(24)9-11-23(12-10-18)17-21-16(22-25-17)19(2,13-3-4-13)14-5-7-15(20)8-6-14/h5-8,13,24H,3-4,9-12H2,1-2H3. The van der Waals surface area contributed by atoms with E-state index in [1.807, 2.05) is 6.92 Å².